The number of nitrogens with zero attached hydrogens (tertiary/aromatic N) is 1. The molecule has 1 aromatic carbocycles. The quantitative estimate of drug-likeness (QED) is 0.910. The van der Waals surface area contributed by atoms with Crippen LogP contribution in [-0.4, -0.2) is 37.4 Å². The summed E-state index contributed by atoms with van der Waals surface area (Å²) in [7, 11) is 3.68. The summed E-state index contributed by atoms with van der Waals surface area (Å²) in [4.78, 5) is 4.34. The number of nitrogens with one attached hydrogen (secondary N) is 1. The number of fused-ring (bicyclic) bond motifs is 1. The molecule has 1 fully saturated rings. The van der Waals surface area contributed by atoms with E-state index in [1.165, 1.54) is 0 Å². The first-order chi connectivity index (χ1) is 9.33. The monoisotopic (exact) mass is 258 g/mol. The van der Waals surface area contributed by atoms with Crippen LogP contribution in [0.1, 0.15) is 6.42 Å². The van der Waals surface area contributed by atoms with Gasteiger partial charge in [-0.3, -0.25) is 4.98 Å². The molecule has 19 heavy (non-hydrogen) atoms. The van der Waals surface area contributed by atoms with E-state index in [-0.39, 0.29) is 12.2 Å². The molecule has 0 bridgehead atoms. The lowest BCUT2D eigenvalue weighted by Gasteiger charge is -2.43. The van der Waals surface area contributed by atoms with E-state index < -0.39 is 0 Å². The van der Waals surface area contributed by atoms with Gasteiger partial charge in [-0.25, -0.2) is 0 Å². The Morgan fingerprint density at radius 1 is 1.26 bits per heavy atom. The molecule has 0 radical (unpaired) electrons. The highest BCUT2D eigenvalue weighted by molar-refractivity contribution is 5.84. The molecule has 4 nitrogen and oxygen atoms in total. The van der Waals surface area contributed by atoms with Gasteiger partial charge < -0.3 is 14.8 Å². The Morgan fingerprint density at radius 2 is 2.16 bits per heavy atom. The molecule has 1 aromatic heterocycles. The van der Waals surface area contributed by atoms with Gasteiger partial charge in [0, 0.05) is 31.2 Å². The predicted octanol–water partition coefficient (Wildman–Crippen LogP) is 1.99. The van der Waals surface area contributed by atoms with Crippen molar-refractivity contribution in [3.63, 3.8) is 0 Å². The van der Waals surface area contributed by atoms with Gasteiger partial charge in [-0.1, -0.05) is 6.07 Å². The zero-order chi connectivity index (χ0) is 13.2. The second kappa shape index (κ2) is 5.15. The maximum absolute atomic E-state index is 6.09. The molecule has 100 valence electrons. The van der Waals surface area contributed by atoms with Gasteiger partial charge in [-0.2, -0.15) is 0 Å². The van der Waals surface area contributed by atoms with Crippen molar-refractivity contribution < 1.29 is 9.47 Å². The summed E-state index contributed by atoms with van der Waals surface area (Å²) >= 11 is 0. The van der Waals surface area contributed by atoms with Crippen LogP contribution in [-0.2, 0) is 4.74 Å². The van der Waals surface area contributed by atoms with Gasteiger partial charge >= 0.3 is 0 Å². The zero-order valence-electron chi connectivity index (χ0n) is 11.2. The fourth-order valence-electron chi connectivity index (χ4n) is 2.64. The number of ether oxygens (including phenoxy) is 2. The van der Waals surface area contributed by atoms with E-state index in [0.717, 1.165) is 23.1 Å². The molecule has 2 aromatic rings. The highest BCUT2D eigenvalue weighted by Crippen LogP contribution is 2.31. The molecule has 1 heterocycles. The van der Waals surface area contributed by atoms with E-state index in [1.807, 2.05) is 37.4 Å². The Labute approximate surface area is 112 Å². The van der Waals surface area contributed by atoms with Crippen molar-refractivity contribution in [3.05, 3.63) is 36.5 Å². The first kappa shape index (κ1) is 12.4. The summed E-state index contributed by atoms with van der Waals surface area (Å²) in [6, 6.07) is 10.3. The molecule has 0 amide bonds. The summed E-state index contributed by atoms with van der Waals surface area (Å²) in [5, 5.41) is 4.29. The molecule has 1 aliphatic carbocycles. The maximum atomic E-state index is 6.09. The van der Waals surface area contributed by atoms with E-state index in [0.29, 0.717) is 6.04 Å². The standard InChI is InChI=1S/C15H18N2O2/c1-16-12-9-14(15(12)18-2)19-13-7-3-6-11-10(13)5-4-8-17-11/h3-8,12,14-16H,9H2,1-2H3. The Bertz CT molecular complexity index is 568. The average molecular weight is 258 g/mol. The number of hydrogen-bond donors (Lipinski definition) is 1. The van der Waals surface area contributed by atoms with E-state index in [1.54, 1.807) is 13.3 Å². The number of pyridine rings is 1. The lowest BCUT2D eigenvalue weighted by Crippen LogP contribution is -2.60. The van der Waals surface area contributed by atoms with E-state index in [9.17, 15) is 0 Å². The molecule has 1 saturated carbocycles. The van der Waals surface area contributed by atoms with Crippen LogP contribution in [0.5, 0.6) is 5.75 Å². The smallest absolute Gasteiger partial charge is 0.129 e. The van der Waals surface area contributed by atoms with Crippen LogP contribution in [0.4, 0.5) is 0 Å². The Balaban J connectivity index is 1.83. The first-order valence-electron chi connectivity index (χ1n) is 6.54. The molecule has 3 atom stereocenters. The average Bonchev–Trinajstić information content (AvgIpc) is 2.43. The Hall–Kier alpha value is -1.65. The van der Waals surface area contributed by atoms with Gasteiger partial charge in [0.1, 0.15) is 18.0 Å². The van der Waals surface area contributed by atoms with E-state index in [4.69, 9.17) is 9.47 Å². The third-order valence-electron chi connectivity index (χ3n) is 3.78. The third-order valence-corrected chi connectivity index (χ3v) is 3.78. The SMILES string of the molecule is CNC1CC(Oc2cccc3ncccc23)C1OC. The molecule has 4 heteroatoms. The van der Waals surface area contributed by atoms with Gasteiger partial charge in [-0.05, 0) is 31.3 Å². The number of aromatic nitrogens is 1. The zero-order valence-corrected chi connectivity index (χ0v) is 11.2. The summed E-state index contributed by atoms with van der Waals surface area (Å²) in [5.74, 6) is 0.882. The normalized spacial score (nSPS) is 26.1. The number of methoxy groups -OCH3 is 1. The molecular weight excluding hydrogens is 240 g/mol. The minimum absolute atomic E-state index is 0.105. The van der Waals surface area contributed by atoms with E-state index >= 15 is 0 Å². The highest BCUT2D eigenvalue weighted by Gasteiger charge is 2.42. The summed E-state index contributed by atoms with van der Waals surface area (Å²) in [6.07, 6.45) is 2.97. The maximum Gasteiger partial charge on any atom is 0.129 e. The van der Waals surface area contributed by atoms with Gasteiger partial charge in [0.05, 0.1) is 5.52 Å². The fraction of sp³-hybridized carbons (Fsp3) is 0.400. The van der Waals surface area contributed by atoms with Gasteiger partial charge in [0.15, 0.2) is 0 Å². The van der Waals surface area contributed by atoms with Gasteiger partial charge in [0.25, 0.3) is 0 Å². The molecule has 0 saturated heterocycles. The molecule has 1 aliphatic rings. The molecular formula is C15H18N2O2. The van der Waals surface area contributed by atoms with Crippen molar-refractivity contribution in [2.24, 2.45) is 0 Å². The van der Waals surface area contributed by atoms with Crippen LogP contribution in [0.15, 0.2) is 36.5 Å². The first-order valence-corrected chi connectivity index (χ1v) is 6.54. The predicted molar refractivity (Wildman–Crippen MR) is 74.4 cm³/mol. The van der Waals surface area contributed by atoms with Crippen molar-refractivity contribution in [1.29, 1.82) is 0 Å². The van der Waals surface area contributed by atoms with Gasteiger partial charge in [0.2, 0.25) is 0 Å². The molecule has 3 rings (SSSR count). The third kappa shape index (κ3) is 2.17. The van der Waals surface area contributed by atoms with Crippen LogP contribution in [0.2, 0.25) is 0 Å². The van der Waals surface area contributed by atoms with Crippen molar-refractivity contribution in [3.8, 4) is 5.75 Å². The highest BCUT2D eigenvalue weighted by atomic mass is 16.5. The number of benzene rings is 1. The second-order valence-corrected chi connectivity index (χ2v) is 4.81. The van der Waals surface area contributed by atoms with Gasteiger partial charge in [-0.15, -0.1) is 0 Å². The summed E-state index contributed by atoms with van der Waals surface area (Å²) in [5.41, 5.74) is 0.957. The number of likely N-dealkylation sites (N-methyl/N-ethyl adjacent to an activating group) is 1. The lowest BCUT2D eigenvalue weighted by molar-refractivity contribution is -0.0864. The van der Waals surface area contributed by atoms with Crippen LogP contribution in [0.3, 0.4) is 0 Å². The Morgan fingerprint density at radius 3 is 2.95 bits per heavy atom. The van der Waals surface area contributed by atoms with Crippen LogP contribution >= 0.6 is 0 Å². The van der Waals surface area contributed by atoms with Crippen LogP contribution < -0.4 is 10.1 Å². The lowest BCUT2D eigenvalue weighted by atomic mass is 9.85. The fourth-order valence-corrected chi connectivity index (χ4v) is 2.64. The summed E-state index contributed by atoms with van der Waals surface area (Å²) < 4.78 is 11.6. The van der Waals surface area contributed by atoms with Crippen LogP contribution in [0, 0.1) is 0 Å². The molecule has 1 N–H and O–H groups in total. The minimum Gasteiger partial charge on any atom is -0.487 e. The van der Waals surface area contributed by atoms with E-state index in [2.05, 4.69) is 10.3 Å². The topological polar surface area (TPSA) is 43.4 Å². The summed E-state index contributed by atoms with van der Waals surface area (Å²) in [6.45, 7) is 0. The molecule has 3 unspecified atom stereocenters. The van der Waals surface area contributed by atoms with Crippen molar-refractivity contribution >= 4 is 10.9 Å². The largest absolute Gasteiger partial charge is 0.487 e. The van der Waals surface area contributed by atoms with Crippen molar-refractivity contribution in [1.82, 2.24) is 10.3 Å². The molecule has 0 aliphatic heterocycles. The van der Waals surface area contributed by atoms with Crippen LogP contribution in [0.25, 0.3) is 10.9 Å². The van der Waals surface area contributed by atoms with Crippen molar-refractivity contribution in [2.75, 3.05) is 14.2 Å². The number of rotatable bonds is 4. The molecule has 0 spiro atoms. The minimum atomic E-state index is 0.105. The second-order valence-electron chi connectivity index (χ2n) is 4.81. The number of hydrogen-bond acceptors (Lipinski definition) is 4. The Kier molecular flexibility index (Phi) is 3.36. The van der Waals surface area contributed by atoms with Crippen molar-refractivity contribution in [2.45, 2.75) is 24.7 Å².